The molecule has 1 saturated heterocycles. The molecule has 1 atom stereocenters. The second-order valence-corrected chi connectivity index (χ2v) is 9.92. The van der Waals surface area contributed by atoms with Gasteiger partial charge in [-0.05, 0) is 48.9 Å². The van der Waals surface area contributed by atoms with Crippen LogP contribution < -0.4 is 9.47 Å². The zero-order valence-corrected chi connectivity index (χ0v) is 22.4. The van der Waals surface area contributed by atoms with Gasteiger partial charge in [-0.3, -0.25) is 0 Å². The molecule has 1 aliphatic heterocycles. The van der Waals surface area contributed by atoms with Crippen LogP contribution in [0.25, 0.3) is 22.3 Å². The van der Waals surface area contributed by atoms with Crippen molar-refractivity contribution in [2.24, 2.45) is 0 Å². The van der Waals surface area contributed by atoms with Crippen molar-refractivity contribution in [2.75, 3.05) is 6.61 Å². The highest BCUT2D eigenvalue weighted by atomic mass is 35.5. The zero-order chi connectivity index (χ0) is 28.3. The molecule has 0 bridgehead atoms. The normalized spacial score (nSPS) is 14.5. The van der Waals surface area contributed by atoms with Crippen LogP contribution in [0.15, 0.2) is 72.9 Å². The summed E-state index contributed by atoms with van der Waals surface area (Å²) in [4.78, 5) is 25.1. The monoisotopic (exact) mass is 574 g/mol. The van der Waals surface area contributed by atoms with Crippen molar-refractivity contribution in [1.29, 1.82) is 0 Å². The first kappa shape index (κ1) is 26.7. The first-order chi connectivity index (χ1) is 19.9. The summed E-state index contributed by atoms with van der Waals surface area (Å²) in [6.07, 6.45) is 2.58. The number of nitrogens with zero attached hydrogens (tertiary/aromatic N) is 4. The van der Waals surface area contributed by atoms with Gasteiger partial charge in [0.2, 0.25) is 11.8 Å². The molecule has 3 aromatic heterocycles. The topological polar surface area (TPSA) is 109 Å². The molecule has 9 nitrogen and oxygen atoms in total. The number of benzene rings is 2. The van der Waals surface area contributed by atoms with E-state index in [2.05, 4.69) is 15.0 Å². The molecule has 0 spiro atoms. The van der Waals surface area contributed by atoms with Gasteiger partial charge in [0.25, 0.3) is 0 Å². The Kier molecular flexibility index (Phi) is 7.49. The zero-order valence-electron chi connectivity index (χ0n) is 21.7. The molecule has 1 aliphatic rings. The highest BCUT2D eigenvalue weighted by Gasteiger charge is 2.23. The van der Waals surface area contributed by atoms with Gasteiger partial charge in [-0.2, -0.15) is 0 Å². The molecule has 0 amide bonds. The van der Waals surface area contributed by atoms with Crippen molar-refractivity contribution >= 4 is 28.6 Å². The van der Waals surface area contributed by atoms with Crippen molar-refractivity contribution in [3.05, 3.63) is 101 Å². The Labute approximate surface area is 239 Å². The molecule has 5 aromatic rings. The molecule has 41 heavy (non-hydrogen) atoms. The summed E-state index contributed by atoms with van der Waals surface area (Å²) in [5, 5.41) is 9.77. The molecule has 0 aliphatic carbocycles. The van der Waals surface area contributed by atoms with Crippen molar-refractivity contribution in [3.8, 4) is 23.0 Å². The summed E-state index contributed by atoms with van der Waals surface area (Å²) >= 11 is 5.83. The second kappa shape index (κ2) is 11.5. The lowest BCUT2D eigenvalue weighted by atomic mass is 10.1. The number of imidazole rings is 1. The van der Waals surface area contributed by atoms with Crippen LogP contribution in [0.3, 0.4) is 0 Å². The van der Waals surface area contributed by atoms with E-state index in [1.807, 2.05) is 10.6 Å². The Morgan fingerprint density at radius 2 is 1.90 bits per heavy atom. The summed E-state index contributed by atoms with van der Waals surface area (Å²) in [6.45, 7) is 1.37. The van der Waals surface area contributed by atoms with E-state index in [-0.39, 0.29) is 24.9 Å². The van der Waals surface area contributed by atoms with Crippen LogP contribution in [0.1, 0.15) is 28.2 Å². The van der Waals surface area contributed by atoms with Crippen molar-refractivity contribution in [2.45, 2.75) is 32.3 Å². The number of halogens is 2. The third kappa shape index (κ3) is 5.98. The van der Waals surface area contributed by atoms with E-state index in [1.54, 1.807) is 54.7 Å². The van der Waals surface area contributed by atoms with Gasteiger partial charge < -0.3 is 23.9 Å². The fourth-order valence-corrected chi connectivity index (χ4v) is 4.64. The van der Waals surface area contributed by atoms with Crippen molar-refractivity contribution in [3.63, 3.8) is 0 Å². The molecule has 1 fully saturated rings. The average molecular weight is 575 g/mol. The highest BCUT2D eigenvalue weighted by Crippen LogP contribution is 2.26. The number of carboxylic acids is 1. The number of aromatic carboxylic acids is 1. The molecular weight excluding hydrogens is 551 g/mol. The molecule has 6 rings (SSSR count). The molecular formula is C30H24ClFN4O5. The Morgan fingerprint density at radius 1 is 1.05 bits per heavy atom. The average Bonchev–Trinajstić information content (AvgIpc) is 3.30. The summed E-state index contributed by atoms with van der Waals surface area (Å²) in [5.74, 6) is -0.111. The van der Waals surface area contributed by atoms with E-state index >= 15 is 0 Å². The van der Waals surface area contributed by atoms with Crippen LogP contribution in [0.2, 0.25) is 5.02 Å². The lowest BCUT2D eigenvalue weighted by Gasteiger charge is -2.27. The Bertz CT molecular complexity index is 1740. The predicted molar refractivity (Wildman–Crippen MR) is 149 cm³/mol. The van der Waals surface area contributed by atoms with E-state index in [1.165, 1.54) is 12.1 Å². The molecule has 208 valence electrons. The van der Waals surface area contributed by atoms with Gasteiger partial charge >= 0.3 is 5.97 Å². The van der Waals surface area contributed by atoms with Gasteiger partial charge in [-0.15, -0.1) is 0 Å². The molecule has 11 heteroatoms. The molecule has 0 radical (unpaired) electrons. The number of carbonyl (C=O) groups is 1. The Hall–Kier alpha value is -4.54. The lowest BCUT2D eigenvalue weighted by Crippen LogP contribution is -2.32. The van der Waals surface area contributed by atoms with Crippen molar-refractivity contribution in [1.82, 2.24) is 19.5 Å². The molecule has 1 N–H and O–H groups in total. The van der Waals surface area contributed by atoms with E-state index < -0.39 is 11.8 Å². The van der Waals surface area contributed by atoms with Crippen LogP contribution in [0.5, 0.6) is 11.8 Å². The van der Waals surface area contributed by atoms with E-state index in [4.69, 9.17) is 25.8 Å². The fourth-order valence-electron chi connectivity index (χ4n) is 4.48. The summed E-state index contributed by atoms with van der Waals surface area (Å²) in [6, 6.07) is 18.2. The van der Waals surface area contributed by atoms with Crippen molar-refractivity contribution < 1.29 is 28.5 Å². The molecule has 1 unspecified atom stereocenters. The maximum absolute atomic E-state index is 14.1. The maximum atomic E-state index is 14.1. The predicted octanol–water partition coefficient (Wildman–Crippen LogP) is 5.93. The summed E-state index contributed by atoms with van der Waals surface area (Å²) in [7, 11) is 0. The van der Waals surface area contributed by atoms with E-state index in [0.717, 1.165) is 12.0 Å². The number of fused-ring (bicyclic) bond motifs is 1. The number of hydrogen-bond acceptors (Lipinski definition) is 7. The van der Waals surface area contributed by atoms with Crippen LogP contribution in [-0.2, 0) is 24.5 Å². The van der Waals surface area contributed by atoms with Gasteiger partial charge in [-0.25, -0.2) is 24.1 Å². The number of pyridine rings is 2. The lowest BCUT2D eigenvalue weighted by molar-refractivity contribution is -0.0592. The number of rotatable bonds is 10. The Morgan fingerprint density at radius 3 is 2.68 bits per heavy atom. The minimum Gasteiger partial charge on any atom is -0.478 e. The van der Waals surface area contributed by atoms with Crippen LogP contribution >= 0.6 is 11.6 Å². The Balaban J connectivity index is 1.19. The minimum absolute atomic E-state index is 0.00498. The smallest absolute Gasteiger partial charge is 0.335 e. The number of aromatic nitrogens is 4. The van der Waals surface area contributed by atoms with Crippen LogP contribution in [0, 0.1) is 5.82 Å². The standard InChI is InChI=1S/C30H24ClFN4O5/c31-21-6-4-20(23(32)14-21)16-40-28-3-1-2-24(35-28)18-8-10-33-29(13-18)41-17-27-34-25-7-5-19(30(37)38)12-26(25)36(27)15-22-9-11-39-22/h1-8,10,12-14,22H,9,11,15-17H2,(H,37,38). The van der Waals surface area contributed by atoms with Gasteiger partial charge in [0, 0.05) is 41.1 Å². The molecule has 2 aromatic carbocycles. The van der Waals surface area contributed by atoms with Crippen LogP contribution in [0.4, 0.5) is 4.39 Å². The maximum Gasteiger partial charge on any atom is 0.335 e. The number of hydrogen-bond donors (Lipinski definition) is 1. The number of carboxylic acid groups (broad SMARTS) is 1. The van der Waals surface area contributed by atoms with Gasteiger partial charge in [0.05, 0.1) is 34.9 Å². The summed E-state index contributed by atoms with van der Waals surface area (Å²) in [5.41, 5.74) is 3.32. The van der Waals surface area contributed by atoms with E-state index in [9.17, 15) is 14.3 Å². The number of ether oxygens (including phenoxy) is 3. The molecule has 0 saturated carbocycles. The second-order valence-electron chi connectivity index (χ2n) is 9.49. The molecule has 4 heterocycles. The summed E-state index contributed by atoms with van der Waals surface area (Å²) < 4.78 is 33.4. The largest absolute Gasteiger partial charge is 0.478 e. The third-order valence-electron chi connectivity index (χ3n) is 6.75. The fraction of sp³-hybridized carbons (Fsp3) is 0.200. The van der Waals surface area contributed by atoms with E-state index in [0.29, 0.717) is 58.0 Å². The van der Waals surface area contributed by atoms with Gasteiger partial charge in [0.1, 0.15) is 24.9 Å². The van der Waals surface area contributed by atoms with Gasteiger partial charge in [0.15, 0.2) is 0 Å². The quantitative estimate of drug-likeness (QED) is 0.219. The third-order valence-corrected chi connectivity index (χ3v) is 6.98. The van der Waals surface area contributed by atoms with Crippen LogP contribution in [-0.4, -0.2) is 43.3 Å². The minimum atomic E-state index is -1.00. The first-order valence-electron chi connectivity index (χ1n) is 12.9. The SMILES string of the molecule is O=C(O)c1ccc2nc(COc3cc(-c4cccc(OCc5ccc(Cl)cc5F)n4)ccn3)n(CC3CCO3)c2c1. The highest BCUT2D eigenvalue weighted by molar-refractivity contribution is 6.30. The first-order valence-corrected chi connectivity index (χ1v) is 13.3. The van der Waals surface area contributed by atoms with Gasteiger partial charge in [-0.1, -0.05) is 23.7 Å².